The Labute approximate surface area is 106 Å². The maximum atomic E-state index is 12.9. The van der Waals surface area contributed by atoms with Crippen LogP contribution in [0.25, 0.3) is 0 Å². The number of hydrogen-bond acceptors (Lipinski definition) is 3. The molecule has 1 aliphatic heterocycles. The molecule has 2 atom stereocenters. The normalized spacial score (nSPS) is 26.0. The molecular weight excluding hydrogens is 233 g/mol. The van der Waals surface area contributed by atoms with E-state index in [1.54, 1.807) is 12.1 Å². The number of ether oxygens (including phenoxy) is 1. The highest BCUT2D eigenvalue weighted by Gasteiger charge is 2.43. The van der Waals surface area contributed by atoms with Crippen LogP contribution >= 0.6 is 0 Å². The molecule has 1 fully saturated rings. The van der Waals surface area contributed by atoms with Crippen molar-refractivity contribution >= 4 is 5.97 Å². The van der Waals surface area contributed by atoms with Crippen molar-refractivity contribution in [3.05, 3.63) is 35.6 Å². The second kappa shape index (κ2) is 4.69. The topological polar surface area (TPSA) is 38.3 Å². The lowest BCUT2D eigenvalue weighted by atomic mass is 9.80. The molecule has 0 aliphatic carbocycles. The summed E-state index contributed by atoms with van der Waals surface area (Å²) in [5.74, 6) is -0.494. The van der Waals surface area contributed by atoms with Gasteiger partial charge in [-0.3, -0.25) is 10.1 Å². The van der Waals surface area contributed by atoms with Crippen LogP contribution in [0, 0.1) is 11.2 Å². The molecule has 0 bridgehead atoms. The Bertz CT molecular complexity index is 442. The van der Waals surface area contributed by atoms with Crippen LogP contribution in [0.1, 0.15) is 31.9 Å². The van der Waals surface area contributed by atoms with Crippen molar-refractivity contribution in [2.75, 3.05) is 7.11 Å². The highest BCUT2D eigenvalue weighted by molar-refractivity contribution is 5.76. The third kappa shape index (κ3) is 2.38. The third-order valence-electron chi connectivity index (χ3n) is 3.57. The molecule has 0 spiro atoms. The first kappa shape index (κ1) is 13.0. The van der Waals surface area contributed by atoms with Gasteiger partial charge in [-0.1, -0.05) is 26.0 Å². The Morgan fingerprint density at radius 2 is 2.00 bits per heavy atom. The van der Waals surface area contributed by atoms with Gasteiger partial charge in [0.25, 0.3) is 0 Å². The first-order valence-electron chi connectivity index (χ1n) is 6.03. The fourth-order valence-corrected chi connectivity index (χ4v) is 2.63. The van der Waals surface area contributed by atoms with Crippen molar-refractivity contribution in [1.82, 2.24) is 5.32 Å². The molecule has 1 aliphatic rings. The highest BCUT2D eigenvalue weighted by atomic mass is 19.1. The Kier molecular flexibility index (Phi) is 3.39. The van der Waals surface area contributed by atoms with Crippen LogP contribution in [-0.2, 0) is 9.53 Å². The van der Waals surface area contributed by atoms with E-state index in [0.717, 1.165) is 5.56 Å². The number of nitrogens with one attached hydrogen (secondary N) is 1. The summed E-state index contributed by atoms with van der Waals surface area (Å²) >= 11 is 0. The van der Waals surface area contributed by atoms with Gasteiger partial charge in [0.2, 0.25) is 0 Å². The molecule has 2 rings (SSSR count). The molecule has 98 valence electrons. The Morgan fingerprint density at radius 3 is 2.56 bits per heavy atom. The van der Waals surface area contributed by atoms with Gasteiger partial charge in [0.15, 0.2) is 0 Å². The van der Waals surface area contributed by atoms with E-state index in [1.165, 1.54) is 19.2 Å². The predicted molar refractivity (Wildman–Crippen MR) is 66.5 cm³/mol. The van der Waals surface area contributed by atoms with Crippen molar-refractivity contribution in [1.29, 1.82) is 0 Å². The van der Waals surface area contributed by atoms with E-state index in [0.29, 0.717) is 6.42 Å². The van der Waals surface area contributed by atoms with E-state index in [2.05, 4.69) is 19.2 Å². The smallest absolute Gasteiger partial charge is 0.322 e. The van der Waals surface area contributed by atoms with Crippen molar-refractivity contribution in [2.45, 2.75) is 32.4 Å². The molecule has 1 aromatic rings. The number of rotatable bonds is 2. The summed E-state index contributed by atoms with van der Waals surface area (Å²) in [6.07, 6.45) is 0.710. The quantitative estimate of drug-likeness (QED) is 0.820. The fraction of sp³-hybridized carbons (Fsp3) is 0.500. The second-order valence-electron chi connectivity index (χ2n) is 5.42. The minimum absolute atomic E-state index is 0.0298. The lowest BCUT2D eigenvalue weighted by molar-refractivity contribution is -0.142. The molecule has 1 heterocycles. The molecule has 0 aromatic heterocycles. The number of methoxy groups -OCH3 is 1. The molecule has 4 heteroatoms. The molecule has 0 saturated carbocycles. The van der Waals surface area contributed by atoms with Gasteiger partial charge in [0.1, 0.15) is 11.9 Å². The van der Waals surface area contributed by atoms with Gasteiger partial charge in [0.05, 0.1) is 7.11 Å². The Balaban J connectivity index is 2.23. The number of benzene rings is 1. The van der Waals surface area contributed by atoms with E-state index in [4.69, 9.17) is 4.74 Å². The number of hydrogen-bond donors (Lipinski definition) is 1. The van der Waals surface area contributed by atoms with Gasteiger partial charge in [-0.2, -0.15) is 0 Å². The number of carbonyl (C=O) groups excluding carboxylic acids is 1. The van der Waals surface area contributed by atoms with Gasteiger partial charge in [-0.15, -0.1) is 0 Å². The van der Waals surface area contributed by atoms with Crippen molar-refractivity contribution in [2.24, 2.45) is 5.41 Å². The molecule has 0 radical (unpaired) electrons. The average Bonchev–Trinajstić information content (AvgIpc) is 2.65. The Morgan fingerprint density at radius 1 is 1.39 bits per heavy atom. The number of carbonyl (C=O) groups is 1. The van der Waals surface area contributed by atoms with Crippen LogP contribution < -0.4 is 5.32 Å². The summed E-state index contributed by atoms with van der Waals surface area (Å²) < 4.78 is 17.7. The van der Waals surface area contributed by atoms with Gasteiger partial charge < -0.3 is 4.74 Å². The molecule has 3 nitrogen and oxygen atoms in total. The lowest BCUT2D eigenvalue weighted by Crippen LogP contribution is -2.33. The maximum Gasteiger partial charge on any atom is 0.322 e. The standard InChI is InChI=1S/C14H18FNO2/c1-14(2)8-11(13(17)18-3)16-12(14)9-4-6-10(15)7-5-9/h4-7,11-12,16H,8H2,1-3H3/t11-,12-/m0/s1. The molecule has 1 N–H and O–H groups in total. The van der Waals surface area contributed by atoms with E-state index in [9.17, 15) is 9.18 Å². The molecule has 1 saturated heterocycles. The monoisotopic (exact) mass is 251 g/mol. The number of esters is 1. The molecule has 1 aromatic carbocycles. The predicted octanol–water partition coefficient (Wildman–Crippen LogP) is 2.43. The van der Waals surface area contributed by atoms with E-state index in [-0.39, 0.29) is 29.3 Å². The van der Waals surface area contributed by atoms with Crippen molar-refractivity contribution in [3.8, 4) is 0 Å². The minimum atomic E-state index is -0.292. The SMILES string of the molecule is COC(=O)[C@@H]1CC(C)(C)[C@H](c2ccc(F)cc2)N1. The number of halogens is 1. The average molecular weight is 251 g/mol. The third-order valence-corrected chi connectivity index (χ3v) is 3.57. The highest BCUT2D eigenvalue weighted by Crippen LogP contribution is 2.43. The van der Waals surface area contributed by atoms with E-state index >= 15 is 0 Å². The lowest BCUT2D eigenvalue weighted by Gasteiger charge is -2.26. The first-order valence-corrected chi connectivity index (χ1v) is 6.03. The van der Waals surface area contributed by atoms with Crippen molar-refractivity contribution < 1.29 is 13.9 Å². The summed E-state index contributed by atoms with van der Waals surface area (Å²) in [6, 6.07) is 6.14. The van der Waals surface area contributed by atoms with Gasteiger partial charge >= 0.3 is 5.97 Å². The van der Waals surface area contributed by atoms with E-state index < -0.39 is 0 Å². The summed E-state index contributed by atoms with van der Waals surface area (Å²) in [7, 11) is 1.39. The first-order chi connectivity index (χ1) is 8.44. The zero-order valence-electron chi connectivity index (χ0n) is 10.9. The van der Waals surface area contributed by atoms with Crippen molar-refractivity contribution in [3.63, 3.8) is 0 Å². The zero-order chi connectivity index (χ0) is 13.3. The summed E-state index contributed by atoms with van der Waals surface area (Å²) in [4.78, 5) is 11.6. The van der Waals surface area contributed by atoms with Crippen LogP contribution in [0.2, 0.25) is 0 Å². The summed E-state index contributed by atoms with van der Waals surface area (Å²) in [5.41, 5.74) is 0.921. The van der Waals surface area contributed by atoms with Crippen LogP contribution in [0.15, 0.2) is 24.3 Å². The van der Waals surface area contributed by atoms with Gasteiger partial charge in [-0.05, 0) is 29.5 Å². The van der Waals surface area contributed by atoms with Crippen LogP contribution in [-0.4, -0.2) is 19.1 Å². The van der Waals surface area contributed by atoms with Crippen LogP contribution in [0.4, 0.5) is 4.39 Å². The molecule has 0 amide bonds. The second-order valence-corrected chi connectivity index (χ2v) is 5.42. The van der Waals surface area contributed by atoms with Crippen LogP contribution in [0.5, 0.6) is 0 Å². The maximum absolute atomic E-state index is 12.9. The summed E-state index contributed by atoms with van der Waals surface area (Å²) in [6.45, 7) is 4.19. The Hall–Kier alpha value is -1.42. The molecule has 18 heavy (non-hydrogen) atoms. The van der Waals surface area contributed by atoms with Crippen LogP contribution in [0.3, 0.4) is 0 Å². The fourth-order valence-electron chi connectivity index (χ4n) is 2.63. The van der Waals surface area contributed by atoms with Gasteiger partial charge in [0, 0.05) is 6.04 Å². The largest absolute Gasteiger partial charge is 0.468 e. The van der Waals surface area contributed by atoms with E-state index in [1.807, 2.05) is 0 Å². The zero-order valence-corrected chi connectivity index (χ0v) is 10.9. The molecular formula is C14H18FNO2. The molecule has 0 unspecified atom stereocenters. The minimum Gasteiger partial charge on any atom is -0.468 e. The van der Waals surface area contributed by atoms with Gasteiger partial charge in [-0.25, -0.2) is 4.39 Å². The summed E-state index contributed by atoms with van der Waals surface area (Å²) in [5, 5.41) is 3.27.